The topological polar surface area (TPSA) is 12.0 Å². The van der Waals surface area contributed by atoms with Crippen LogP contribution in [0.3, 0.4) is 0 Å². The van der Waals surface area contributed by atoms with E-state index in [0.29, 0.717) is 0 Å². The van der Waals surface area contributed by atoms with Gasteiger partial charge in [0.25, 0.3) is 0 Å². The normalized spacial score (nSPS) is 10.7. The second kappa shape index (κ2) is 5.72. The highest BCUT2D eigenvalue weighted by atomic mass is 14.9. The van der Waals surface area contributed by atoms with E-state index in [2.05, 4.69) is 55.6 Å². The Morgan fingerprint density at radius 2 is 2.00 bits per heavy atom. The van der Waals surface area contributed by atoms with Gasteiger partial charge in [0.1, 0.15) is 0 Å². The molecule has 0 spiro atoms. The van der Waals surface area contributed by atoms with E-state index in [4.69, 9.17) is 0 Å². The lowest BCUT2D eigenvalue weighted by Gasteiger charge is -2.12. The zero-order valence-electron chi connectivity index (χ0n) is 10.7. The SMILES string of the molecule is CCCCc1[c]c2ccccc2cc1NCC. The van der Waals surface area contributed by atoms with Crippen molar-refractivity contribution in [3.8, 4) is 0 Å². The summed E-state index contributed by atoms with van der Waals surface area (Å²) in [6.45, 7) is 5.33. The Balaban J connectivity index is 2.42. The highest BCUT2D eigenvalue weighted by Gasteiger charge is 2.04. The first kappa shape index (κ1) is 12.0. The number of nitrogens with one attached hydrogen (secondary N) is 1. The van der Waals surface area contributed by atoms with Gasteiger partial charge in [-0.05, 0) is 48.2 Å². The van der Waals surface area contributed by atoms with Crippen LogP contribution < -0.4 is 5.32 Å². The van der Waals surface area contributed by atoms with Crippen LogP contribution in [-0.4, -0.2) is 6.54 Å². The highest BCUT2D eigenvalue weighted by molar-refractivity contribution is 5.86. The molecule has 0 aliphatic carbocycles. The van der Waals surface area contributed by atoms with Gasteiger partial charge in [-0.3, -0.25) is 0 Å². The molecule has 0 saturated heterocycles. The van der Waals surface area contributed by atoms with Crippen LogP contribution in [-0.2, 0) is 6.42 Å². The van der Waals surface area contributed by atoms with Crippen molar-refractivity contribution < 1.29 is 0 Å². The first-order valence-corrected chi connectivity index (χ1v) is 6.53. The molecule has 0 bridgehead atoms. The zero-order valence-corrected chi connectivity index (χ0v) is 10.7. The molecule has 0 aliphatic heterocycles. The molecule has 89 valence electrons. The number of hydrogen-bond acceptors (Lipinski definition) is 1. The molecule has 0 atom stereocenters. The molecule has 1 N–H and O–H groups in total. The molecular formula is C16H20N. The van der Waals surface area contributed by atoms with Crippen LogP contribution in [0.15, 0.2) is 30.3 Å². The summed E-state index contributed by atoms with van der Waals surface area (Å²) in [6, 6.07) is 14.3. The van der Waals surface area contributed by atoms with Crippen LogP contribution in [0.2, 0.25) is 0 Å². The van der Waals surface area contributed by atoms with Crippen molar-refractivity contribution in [2.45, 2.75) is 33.1 Å². The van der Waals surface area contributed by atoms with Gasteiger partial charge in [0.2, 0.25) is 0 Å². The third kappa shape index (κ3) is 2.79. The van der Waals surface area contributed by atoms with E-state index in [-0.39, 0.29) is 0 Å². The minimum atomic E-state index is 0.964. The third-order valence-electron chi connectivity index (χ3n) is 3.02. The molecule has 0 saturated carbocycles. The first-order chi connectivity index (χ1) is 8.35. The lowest BCUT2D eigenvalue weighted by atomic mass is 10.0. The molecule has 1 radical (unpaired) electrons. The summed E-state index contributed by atoms with van der Waals surface area (Å²) >= 11 is 0. The van der Waals surface area contributed by atoms with Gasteiger partial charge < -0.3 is 5.32 Å². The average Bonchev–Trinajstić information content (AvgIpc) is 2.36. The Hall–Kier alpha value is -1.50. The number of benzene rings is 2. The van der Waals surface area contributed by atoms with Crippen LogP contribution in [0.5, 0.6) is 0 Å². The van der Waals surface area contributed by atoms with Gasteiger partial charge in [0.05, 0.1) is 0 Å². The van der Waals surface area contributed by atoms with Gasteiger partial charge in [0, 0.05) is 12.2 Å². The second-order valence-corrected chi connectivity index (χ2v) is 4.38. The van der Waals surface area contributed by atoms with E-state index >= 15 is 0 Å². The van der Waals surface area contributed by atoms with E-state index < -0.39 is 0 Å². The fraction of sp³-hybridized carbons (Fsp3) is 0.375. The molecule has 0 amide bonds. The lowest BCUT2D eigenvalue weighted by Crippen LogP contribution is -2.01. The monoisotopic (exact) mass is 226 g/mol. The molecule has 0 heterocycles. The maximum atomic E-state index is 3.55. The maximum absolute atomic E-state index is 3.55. The molecule has 2 rings (SSSR count). The highest BCUT2D eigenvalue weighted by Crippen LogP contribution is 2.24. The molecule has 2 aromatic carbocycles. The Labute approximate surface area is 104 Å². The van der Waals surface area contributed by atoms with Gasteiger partial charge in [-0.1, -0.05) is 37.6 Å². The summed E-state index contributed by atoms with van der Waals surface area (Å²) < 4.78 is 0. The molecule has 0 unspecified atom stereocenters. The van der Waals surface area contributed by atoms with Gasteiger partial charge in [-0.15, -0.1) is 0 Å². The van der Waals surface area contributed by atoms with Crippen molar-refractivity contribution in [3.05, 3.63) is 42.0 Å². The van der Waals surface area contributed by atoms with Crippen LogP contribution >= 0.6 is 0 Å². The second-order valence-electron chi connectivity index (χ2n) is 4.38. The van der Waals surface area contributed by atoms with E-state index in [1.54, 1.807) is 0 Å². The van der Waals surface area contributed by atoms with Crippen molar-refractivity contribution in [2.24, 2.45) is 0 Å². The van der Waals surface area contributed by atoms with Crippen LogP contribution in [0.4, 0.5) is 5.69 Å². The van der Waals surface area contributed by atoms with E-state index in [0.717, 1.165) is 13.0 Å². The summed E-state index contributed by atoms with van der Waals surface area (Å²) in [4.78, 5) is 0. The minimum absolute atomic E-state index is 0.964. The van der Waals surface area contributed by atoms with Gasteiger partial charge >= 0.3 is 0 Å². The number of unbranched alkanes of at least 4 members (excludes halogenated alkanes) is 1. The minimum Gasteiger partial charge on any atom is -0.385 e. The number of rotatable bonds is 5. The van der Waals surface area contributed by atoms with Gasteiger partial charge in [-0.25, -0.2) is 0 Å². The zero-order chi connectivity index (χ0) is 12.1. The summed E-state index contributed by atoms with van der Waals surface area (Å²) in [7, 11) is 0. The molecule has 1 nitrogen and oxygen atoms in total. The standard InChI is InChI=1S/C16H20N/c1-3-5-8-15-11-13-9-6-7-10-14(13)12-16(15)17-4-2/h6-7,9-10,12,17H,3-5,8H2,1-2H3. The Morgan fingerprint density at radius 3 is 2.76 bits per heavy atom. The van der Waals surface area contributed by atoms with Crippen molar-refractivity contribution in [1.29, 1.82) is 0 Å². The van der Waals surface area contributed by atoms with E-state index in [1.165, 1.54) is 34.9 Å². The average molecular weight is 226 g/mol. The first-order valence-electron chi connectivity index (χ1n) is 6.53. The van der Waals surface area contributed by atoms with Crippen molar-refractivity contribution in [2.75, 3.05) is 11.9 Å². The predicted molar refractivity (Wildman–Crippen MR) is 75.6 cm³/mol. The molecule has 2 aromatic rings. The molecule has 0 fully saturated rings. The Kier molecular flexibility index (Phi) is 4.03. The van der Waals surface area contributed by atoms with Crippen LogP contribution in [0.25, 0.3) is 10.8 Å². The predicted octanol–water partition coefficient (Wildman–Crippen LogP) is 4.41. The Morgan fingerprint density at radius 1 is 1.18 bits per heavy atom. The quantitative estimate of drug-likeness (QED) is 0.796. The van der Waals surface area contributed by atoms with E-state index in [1.807, 2.05) is 0 Å². The maximum Gasteiger partial charge on any atom is 0.0385 e. The fourth-order valence-corrected chi connectivity index (χ4v) is 2.11. The number of fused-ring (bicyclic) bond motifs is 1. The van der Waals surface area contributed by atoms with Crippen molar-refractivity contribution >= 4 is 16.5 Å². The molecule has 0 aromatic heterocycles. The van der Waals surface area contributed by atoms with E-state index in [9.17, 15) is 0 Å². The number of aryl methyl sites for hydroxylation is 1. The van der Waals surface area contributed by atoms with Crippen molar-refractivity contribution in [3.63, 3.8) is 0 Å². The van der Waals surface area contributed by atoms with Gasteiger partial charge in [-0.2, -0.15) is 0 Å². The smallest absolute Gasteiger partial charge is 0.0385 e. The number of anilines is 1. The van der Waals surface area contributed by atoms with Crippen LogP contribution in [0, 0.1) is 6.07 Å². The van der Waals surface area contributed by atoms with Gasteiger partial charge in [0.15, 0.2) is 0 Å². The molecular weight excluding hydrogens is 206 g/mol. The third-order valence-corrected chi connectivity index (χ3v) is 3.02. The summed E-state index contributed by atoms with van der Waals surface area (Å²) in [5.74, 6) is 0. The summed E-state index contributed by atoms with van der Waals surface area (Å²) in [5.41, 5.74) is 2.58. The summed E-state index contributed by atoms with van der Waals surface area (Å²) in [6.07, 6.45) is 3.57. The molecule has 17 heavy (non-hydrogen) atoms. The largest absolute Gasteiger partial charge is 0.385 e. The van der Waals surface area contributed by atoms with Crippen molar-refractivity contribution in [1.82, 2.24) is 0 Å². The lowest BCUT2D eigenvalue weighted by molar-refractivity contribution is 0.795. The molecule has 0 aliphatic rings. The summed E-state index contributed by atoms with van der Waals surface area (Å²) in [5, 5.41) is 5.94. The molecule has 1 heteroatoms. The fourth-order valence-electron chi connectivity index (χ4n) is 2.11. The van der Waals surface area contributed by atoms with Crippen LogP contribution in [0.1, 0.15) is 32.3 Å². The Bertz CT molecular complexity index is 488. The number of hydrogen-bond donors (Lipinski definition) is 1.